The Bertz CT molecular complexity index is 664. The first-order valence-electron chi connectivity index (χ1n) is 8.44. The second kappa shape index (κ2) is 11.1. The van der Waals surface area contributed by atoms with Crippen LogP contribution in [0, 0.1) is 10.1 Å². The number of non-ortho nitro benzene ring substituents is 1. The van der Waals surface area contributed by atoms with Crippen LogP contribution in [0.2, 0.25) is 0 Å². The molecular weight excluding hydrogens is 358 g/mol. The van der Waals surface area contributed by atoms with E-state index in [1.807, 2.05) is 13.8 Å². The summed E-state index contributed by atoms with van der Waals surface area (Å²) in [6.07, 6.45) is 0.406. The van der Waals surface area contributed by atoms with Gasteiger partial charge in [0.05, 0.1) is 36.3 Å². The molecule has 0 aliphatic rings. The smallest absolute Gasteiger partial charge is 0.321 e. The molecule has 0 aliphatic carbocycles. The number of amides is 1. The first-order chi connectivity index (χ1) is 12.7. The predicted octanol–water partition coefficient (Wildman–Crippen LogP) is 1.79. The number of nitro groups is 1. The number of ether oxygens (including phenoxy) is 2. The minimum Gasteiger partial charge on any atom is -0.494 e. The van der Waals surface area contributed by atoms with E-state index in [-0.39, 0.29) is 29.6 Å². The van der Waals surface area contributed by atoms with Gasteiger partial charge in [-0.3, -0.25) is 19.7 Å². The van der Waals surface area contributed by atoms with Gasteiger partial charge in [-0.1, -0.05) is 0 Å². The Morgan fingerprint density at radius 1 is 1.33 bits per heavy atom. The standard InChI is InChI=1S/C17H25N3O7/c1-11(2)27-8-4-7-18-14(17(22)23)10-16(21)19-13-6-5-12(20(24)25)9-15(13)26-3/h5-6,9,11,14,18H,4,7-8,10H2,1-3H3,(H,19,21)(H,22,23). The van der Waals surface area contributed by atoms with Crippen LogP contribution in [0.1, 0.15) is 26.7 Å². The lowest BCUT2D eigenvalue weighted by Crippen LogP contribution is -2.40. The number of nitro benzene ring substituents is 1. The van der Waals surface area contributed by atoms with E-state index < -0.39 is 22.8 Å². The van der Waals surface area contributed by atoms with Crippen molar-refractivity contribution in [2.24, 2.45) is 0 Å². The van der Waals surface area contributed by atoms with Gasteiger partial charge in [-0.2, -0.15) is 0 Å². The van der Waals surface area contributed by atoms with Gasteiger partial charge >= 0.3 is 5.97 Å². The number of carboxylic acids is 1. The number of carboxylic acid groups (broad SMARTS) is 1. The second-order valence-electron chi connectivity index (χ2n) is 6.01. The lowest BCUT2D eigenvalue weighted by molar-refractivity contribution is -0.384. The van der Waals surface area contributed by atoms with Crippen molar-refractivity contribution >= 4 is 23.3 Å². The van der Waals surface area contributed by atoms with Crippen LogP contribution in [-0.2, 0) is 14.3 Å². The Labute approximate surface area is 157 Å². The van der Waals surface area contributed by atoms with Crippen LogP contribution >= 0.6 is 0 Å². The van der Waals surface area contributed by atoms with Crippen LogP contribution in [0.15, 0.2) is 18.2 Å². The summed E-state index contributed by atoms with van der Waals surface area (Å²) in [5.41, 5.74) is 0.0427. The summed E-state index contributed by atoms with van der Waals surface area (Å²) in [7, 11) is 1.32. The van der Waals surface area contributed by atoms with Crippen molar-refractivity contribution in [3.05, 3.63) is 28.3 Å². The SMILES string of the molecule is COc1cc([N+](=O)[O-])ccc1NC(=O)CC(NCCCOC(C)C)C(=O)O. The van der Waals surface area contributed by atoms with Crippen molar-refractivity contribution < 1.29 is 29.1 Å². The Kier molecular flexibility index (Phi) is 9.17. The summed E-state index contributed by atoms with van der Waals surface area (Å²) >= 11 is 0. The number of nitrogens with one attached hydrogen (secondary N) is 2. The zero-order valence-corrected chi connectivity index (χ0v) is 15.6. The van der Waals surface area contributed by atoms with Gasteiger partial charge < -0.3 is 25.2 Å². The molecule has 0 bridgehead atoms. The lowest BCUT2D eigenvalue weighted by atomic mass is 10.2. The van der Waals surface area contributed by atoms with Gasteiger partial charge in [0, 0.05) is 12.7 Å². The molecule has 0 spiro atoms. The number of anilines is 1. The minimum absolute atomic E-state index is 0.0997. The zero-order valence-electron chi connectivity index (χ0n) is 15.6. The van der Waals surface area contributed by atoms with Crippen LogP contribution in [0.4, 0.5) is 11.4 Å². The molecule has 1 aromatic carbocycles. The molecule has 27 heavy (non-hydrogen) atoms. The summed E-state index contributed by atoms with van der Waals surface area (Å²) in [6.45, 7) is 4.69. The zero-order chi connectivity index (χ0) is 20.4. The third-order valence-corrected chi connectivity index (χ3v) is 3.52. The highest BCUT2D eigenvalue weighted by Crippen LogP contribution is 2.29. The highest BCUT2D eigenvalue weighted by molar-refractivity contribution is 5.95. The van der Waals surface area contributed by atoms with E-state index in [0.717, 1.165) is 0 Å². The number of carbonyl (C=O) groups is 2. The Morgan fingerprint density at radius 3 is 2.59 bits per heavy atom. The third kappa shape index (κ3) is 8.01. The number of benzene rings is 1. The molecule has 1 atom stereocenters. The van der Waals surface area contributed by atoms with E-state index in [1.54, 1.807) is 0 Å². The number of methoxy groups -OCH3 is 1. The first-order valence-corrected chi connectivity index (χ1v) is 8.44. The summed E-state index contributed by atoms with van der Waals surface area (Å²) in [6, 6.07) is 2.67. The highest BCUT2D eigenvalue weighted by Gasteiger charge is 2.21. The van der Waals surface area contributed by atoms with E-state index in [2.05, 4.69) is 10.6 Å². The molecule has 3 N–H and O–H groups in total. The van der Waals surface area contributed by atoms with Crippen molar-refractivity contribution in [3.8, 4) is 5.75 Å². The summed E-state index contributed by atoms with van der Waals surface area (Å²) in [4.78, 5) is 33.7. The van der Waals surface area contributed by atoms with E-state index in [0.29, 0.717) is 19.6 Å². The number of hydrogen-bond donors (Lipinski definition) is 3. The van der Waals surface area contributed by atoms with Gasteiger partial charge in [0.25, 0.3) is 5.69 Å². The molecule has 0 aliphatic heterocycles. The molecule has 0 saturated heterocycles. The monoisotopic (exact) mass is 383 g/mol. The topological polar surface area (TPSA) is 140 Å². The van der Waals surface area contributed by atoms with Gasteiger partial charge in [0.2, 0.25) is 5.91 Å². The van der Waals surface area contributed by atoms with Crippen molar-refractivity contribution in [1.29, 1.82) is 0 Å². The van der Waals surface area contributed by atoms with Gasteiger partial charge in [-0.05, 0) is 32.9 Å². The van der Waals surface area contributed by atoms with Crippen molar-refractivity contribution in [2.75, 3.05) is 25.6 Å². The normalized spacial score (nSPS) is 11.9. The average Bonchev–Trinajstić information content (AvgIpc) is 2.60. The molecule has 1 rings (SSSR count). The molecular formula is C17H25N3O7. The van der Waals surface area contributed by atoms with Crippen LogP contribution in [0.5, 0.6) is 5.75 Å². The maximum absolute atomic E-state index is 12.2. The van der Waals surface area contributed by atoms with E-state index in [4.69, 9.17) is 9.47 Å². The quantitative estimate of drug-likeness (QED) is 0.282. The molecule has 0 saturated carbocycles. The Balaban J connectivity index is 2.61. The van der Waals surface area contributed by atoms with Crippen LogP contribution in [0.25, 0.3) is 0 Å². The second-order valence-corrected chi connectivity index (χ2v) is 6.01. The third-order valence-electron chi connectivity index (χ3n) is 3.52. The predicted molar refractivity (Wildman–Crippen MR) is 98.0 cm³/mol. The molecule has 10 nitrogen and oxygen atoms in total. The molecule has 0 aromatic heterocycles. The number of carbonyl (C=O) groups excluding carboxylic acids is 1. The van der Waals surface area contributed by atoms with E-state index >= 15 is 0 Å². The summed E-state index contributed by atoms with van der Waals surface area (Å²) in [5, 5.41) is 25.4. The number of aliphatic carboxylic acids is 1. The Hall–Kier alpha value is -2.72. The van der Waals surface area contributed by atoms with Crippen LogP contribution < -0.4 is 15.4 Å². The van der Waals surface area contributed by atoms with Gasteiger partial charge in [0.15, 0.2) is 0 Å². The highest BCUT2D eigenvalue weighted by atomic mass is 16.6. The molecule has 0 radical (unpaired) electrons. The van der Waals surface area contributed by atoms with Crippen molar-refractivity contribution in [3.63, 3.8) is 0 Å². The molecule has 1 amide bonds. The van der Waals surface area contributed by atoms with Gasteiger partial charge in [-0.25, -0.2) is 0 Å². The molecule has 0 fully saturated rings. The molecule has 150 valence electrons. The molecule has 1 unspecified atom stereocenters. The molecule has 0 heterocycles. The van der Waals surface area contributed by atoms with Crippen molar-refractivity contribution in [2.45, 2.75) is 38.8 Å². The number of nitrogens with zero attached hydrogens (tertiary/aromatic N) is 1. The maximum atomic E-state index is 12.2. The van der Waals surface area contributed by atoms with Gasteiger partial charge in [0.1, 0.15) is 11.8 Å². The van der Waals surface area contributed by atoms with Crippen LogP contribution in [0.3, 0.4) is 0 Å². The fraction of sp³-hybridized carbons (Fsp3) is 0.529. The first kappa shape index (κ1) is 22.3. The van der Waals surface area contributed by atoms with E-state index in [1.165, 1.54) is 25.3 Å². The van der Waals surface area contributed by atoms with Gasteiger partial charge in [-0.15, -0.1) is 0 Å². The minimum atomic E-state index is -1.15. The number of rotatable bonds is 12. The number of hydrogen-bond acceptors (Lipinski definition) is 7. The van der Waals surface area contributed by atoms with E-state index in [9.17, 15) is 24.8 Å². The molecule has 1 aromatic rings. The Morgan fingerprint density at radius 2 is 2.04 bits per heavy atom. The lowest BCUT2D eigenvalue weighted by Gasteiger charge is -2.15. The largest absolute Gasteiger partial charge is 0.494 e. The fourth-order valence-electron chi connectivity index (χ4n) is 2.20. The average molecular weight is 383 g/mol. The molecule has 10 heteroatoms. The fourth-order valence-corrected chi connectivity index (χ4v) is 2.20. The van der Waals surface area contributed by atoms with Crippen LogP contribution in [-0.4, -0.2) is 54.3 Å². The summed E-state index contributed by atoms with van der Waals surface area (Å²) in [5.74, 6) is -1.59. The summed E-state index contributed by atoms with van der Waals surface area (Å²) < 4.78 is 10.4. The van der Waals surface area contributed by atoms with Crippen molar-refractivity contribution in [1.82, 2.24) is 5.32 Å². The maximum Gasteiger partial charge on any atom is 0.321 e.